The third-order valence-electron chi connectivity index (χ3n) is 4.55. The summed E-state index contributed by atoms with van der Waals surface area (Å²) in [6.07, 6.45) is 1.03. The Morgan fingerprint density at radius 2 is 1.95 bits per heavy atom. The van der Waals surface area contributed by atoms with Crippen molar-refractivity contribution in [3.8, 4) is 0 Å². The quantitative estimate of drug-likeness (QED) is 0.929. The third kappa shape index (κ3) is 3.58. The zero-order valence-corrected chi connectivity index (χ0v) is 14.2. The highest BCUT2D eigenvalue weighted by atomic mass is 32.2. The van der Waals surface area contributed by atoms with Gasteiger partial charge in [-0.3, -0.25) is 0 Å². The van der Waals surface area contributed by atoms with Crippen LogP contribution >= 0.6 is 0 Å². The lowest BCUT2D eigenvalue weighted by atomic mass is 9.89. The molecule has 4 nitrogen and oxygen atoms in total. The minimum Gasteiger partial charge on any atom is -0.381 e. The Balaban J connectivity index is 2.24. The van der Waals surface area contributed by atoms with Crippen molar-refractivity contribution in [3.05, 3.63) is 24.3 Å². The molecule has 2 rings (SSSR count). The van der Waals surface area contributed by atoms with Crippen molar-refractivity contribution in [2.45, 2.75) is 44.2 Å². The highest BCUT2D eigenvalue weighted by Crippen LogP contribution is 2.28. The molecule has 0 aliphatic carbocycles. The Morgan fingerprint density at radius 1 is 1.29 bits per heavy atom. The summed E-state index contributed by atoms with van der Waals surface area (Å²) in [5.74, 6) is 0.619. The summed E-state index contributed by atoms with van der Waals surface area (Å²) >= 11 is 0. The van der Waals surface area contributed by atoms with E-state index in [2.05, 4.69) is 31.1 Å². The van der Waals surface area contributed by atoms with Gasteiger partial charge in [0, 0.05) is 18.6 Å². The Kier molecular flexibility index (Phi) is 4.94. The smallest absolute Gasteiger partial charge is 0.180 e. The van der Waals surface area contributed by atoms with E-state index in [1.807, 2.05) is 12.1 Å². The molecular weight excluding hydrogens is 284 g/mol. The number of rotatable bonds is 4. The lowest BCUT2D eigenvalue weighted by Gasteiger charge is -2.40. The molecule has 1 aliphatic rings. The van der Waals surface area contributed by atoms with E-state index in [1.54, 1.807) is 19.1 Å². The van der Waals surface area contributed by atoms with Gasteiger partial charge in [0.15, 0.2) is 9.84 Å². The molecule has 0 bridgehead atoms. The topological polar surface area (TPSA) is 49.4 Å². The maximum Gasteiger partial charge on any atom is 0.180 e. The van der Waals surface area contributed by atoms with Crippen LogP contribution < -0.4 is 5.32 Å². The molecule has 1 aromatic rings. The zero-order valence-electron chi connectivity index (χ0n) is 13.3. The first-order valence-electron chi connectivity index (χ1n) is 7.63. The third-order valence-corrected chi connectivity index (χ3v) is 6.34. The second-order valence-corrected chi connectivity index (χ2v) is 8.40. The molecule has 21 heavy (non-hydrogen) atoms. The Morgan fingerprint density at radius 3 is 2.62 bits per heavy atom. The average molecular weight is 310 g/mol. The predicted molar refractivity (Wildman–Crippen MR) is 87.5 cm³/mol. The van der Waals surface area contributed by atoms with Gasteiger partial charge in [-0.05, 0) is 38.4 Å². The number of anilines is 1. The molecule has 3 atom stereocenters. The molecule has 0 aromatic heterocycles. The van der Waals surface area contributed by atoms with Crippen LogP contribution in [0, 0.1) is 5.92 Å². The molecule has 0 amide bonds. The Hall–Kier alpha value is -1.07. The molecule has 1 heterocycles. The predicted octanol–water partition coefficient (Wildman–Crippen LogP) is 2.62. The fraction of sp³-hybridized carbons (Fsp3) is 0.625. The van der Waals surface area contributed by atoms with Crippen molar-refractivity contribution in [2.24, 2.45) is 5.92 Å². The molecule has 118 valence electrons. The first-order valence-corrected chi connectivity index (χ1v) is 9.29. The standard InChI is InChI=1S/C16H26N2O2S/c1-5-21(19,20)16-9-7-6-8-14(16)17-15-10-13(3)18(4)11-12(15)2/h6-9,12-13,15,17H,5,10-11H2,1-4H3. The van der Waals surface area contributed by atoms with Crippen molar-refractivity contribution in [1.82, 2.24) is 4.90 Å². The van der Waals surface area contributed by atoms with E-state index in [-0.39, 0.29) is 5.75 Å². The van der Waals surface area contributed by atoms with Crippen molar-refractivity contribution >= 4 is 15.5 Å². The summed E-state index contributed by atoms with van der Waals surface area (Å²) in [5, 5.41) is 3.48. The Bertz CT molecular complexity index is 586. The molecule has 1 aromatic carbocycles. The van der Waals surface area contributed by atoms with E-state index in [4.69, 9.17) is 0 Å². The van der Waals surface area contributed by atoms with Gasteiger partial charge in [0.1, 0.15) is 0 Å². The fourth-order valence-electron chi connectivity index (χ4n) is 2.95. The fourth-order valence-corrected chi connectivity index (χ4v) is 4.01. The van der Waals surface area contributed by atoms with Crippen LogP contribution in [-0.4, -0.2) is 44.7 Å². The number of nitrogens with zero attached hydrogens (tertiary/aromatic N) is 1. The Labute approximate surface area is 128 Å². The van der Waals surface area contributed by atoms with Gasteiger partial charge in [0.25, 0.3) is 0 Å². The monoisotopic (exact) mass is 310 g/mol. The summed E-state index contributed by atoms with van der Waals surface area (Å²) in [6.45, 7) is 7.15. The van der Waals surface area contributed by atoms with E-state index < -0.39 is 9.84 Å². The van der Waals surface area contributed by atoms with Gasteiger partial charge in [0.05, 0.1) is 16.3 Å². The van der Waals surface area contributed by atoms with Crippen LogP contribution in [0.1, 0.15) is 27.2 Å². The molecule has 0 spiro atoms. The highest BCUT2D eigenvalue weighted by molar-refractivity contribution is 7.91. The van der Waals surface area contributed by atoms with Crippen molar-refractivity contribution in [3.63, 3.8) is 0 Å². The zero-order chi connectivity index (χ0) is 15.6. The van der Waals surface area contributed by atoms with E-state index in [0.717, 1.165) is 18.7 Å². The molecule has 5 heteroatoms. The molecule has 1 fully saturated rings. The first kappa shape index (κ1) is 16.3. The van der Waals surface area contributed by atoms with Crippen LogP contribution in [0.15, 0.2) is 29.2 Å². The van der Waals surface area contributed by atoms with Crippen LogP contribution in [0.2, 0.25) is 0 Å². The SMILES string of the molecule is CCS(=O)(=O)c1ccccc1NC1CC(C)N(C)CC1C. The minimum atomic E-state index is -3.19. The lowest BCUT2D eigenvalue weighted by molar-refractivity contribution is 0.145. The lowest BCUT2D eigenvalue weighted by Crippen LogP contribution is -2.48. The van der Waals surface area contributed by atoms with Crippen LogP contribution in [0.5, 0.6) is 0 Å². The van der Waals surface area contributed by atoms with Gasteiger partial charge in [0.2, 0.25) is 0 Å². The first-order chi connectivity index (χ1) is 9.85. The highest BCUT2D eigenvalue weighted by Gasteiger charge is 2.29. The van der Waals surface area contributed by atoms with Gasteiger partial charge < -0.3 is 10.2 Å². The molecule has 1 N–H and O–H groups in total. The second-order valence-electron chi connectivity index (χ2n) is 6.15. The molecule has 1 aliphatic heterocycles. The van der Waals surface area contributed by atoms with Gasteiger partial charge >= 0.3 is 0 Å². The van der Waals surface area contributed by atoms with Gasteiger partial charge in [-0.15, -0.1) is 0 Å². The number of piperidine rings is 1. The summed E-state index contributed by atoms with van der Waals surface area (Å²) in [6, 6.07) is 8.06. The number of hydrogen-bond donors (Lipinski definition) is 1. The van der Waals surface area contributed by atoms with Crippen LogP contribution in [0.4, 0.5) is 5.69 Å². The van der Waals surface area contributed by atoms with E-state index in [0.29, 0.717) is 22.9 Å². The number of benzene rings is 1. The van der Waals surface area contributed by atoms with Gasteiger partial charge in [-0.25, -0.2) is 8.42 Å². The molecule has 0 radical (unpaired) electrons. The maximum absolute atomic E-state index is 12.2. The maximum atomic E-state index is 12.2. The summed E-state index contributed by atoms with van der Waals surface area (Å²) in [5.41, 5.74) is 0.743. The molecule has 1 saturated heterocycles. The molecule has 0 saturated carbocycles. The van der Waals surface area contributed by atoms with Gasteiger partial charge in [-0.1, -0.05) is 26.0 Å². The number of hydrogen-bond acceptors (Lipinski definition) is 4. The normalized spacial score (nSPS) is 27.5. The summed E-state index contributed by atoms with van der Waals surface area (Å²) in [4.78, 5) is 2.78. The molecule has 3 unspecified atom stereocenters. The number of nitrogens with one attached hydrogen (secondary N) is 1. The minimum absolute atomic E-state index is 0.130. The van der Waals surface area contributed by atoms with Crippen LogP contribution in [-0.2, 0) is 9.84 Å². The van der Waals surface area contributed by atoms with Crippen LogP contribution in [0.3, 0.4) is 0 Å². The van der Waals surface area contributed by atoms with Crippen molar-refractivity contribution in [2.75, 3.05) is 24.7 Å². The summed E-state index contributed by atoms with van der Waals surface area (Å²) in [7, 11) is -1.05. The number of sulfone groups is 1. The van der Waals surface area contributed by atoms with Crippen LogP contribution in [0.25, 0.3) is 0 Å². The van der Waals surface area contributed by atoms with E-state index in [9.17, 15) is 8.42 Å². The van der Waals surface area contributed by atoms with Crippen molar-refractivity contribution in [1.29, 1.82) is 0 Å². The average Bonchev–Trinajstić information content (AvgIpc) is 2.45. The summed E-state index contributed by atoms with van der Waals surface area (Å²) < 4.78 is 24.4. The molecular formula is C16H26N2O2S. The second kappa shape index (κ2) is 6.36. The number of likely N-dealkylation sites (tertiary alicyclic amines) is 1. The number of para-hydroxylation sites is 1. The largest absolute Gasteiger partial charge is 0.381 e. The van der Waals surface area contributed by atoms with Crippen molar-refractivity contribution < 1.29 is 8.42 Å². The van der Waals surface area contributed by atoms with E-state index >= 15 is 0 Å². The van der Waals surface area contributed by atoms with Gasteiger partial charge in [-0.2, -0.15) is 0 Å². The van der Waals surface area contributed by atoms with E-state index in [1.165, 1.54) is 0 Å².